The lowest BCUT2D eigenvalue weighted by Crippen LogP contribution is -2.40. The van der Waals surface area contributed by atoms with Crippen LogP contribution in [0.3, 0.4) is 0 Å². The molecule has 20 heavy (non-hydrogen) atoms. The molecule has 112 valence electrons. The summed E-state index contributed by atoms with van der Waals surface area (Å²) < 4.78 is 50.3. The third-order valence-electron chi connectivity index (χ3n) is 3.59. The van der Waals surface area contributed by atoms with Gasteiger partial charge in [0.1, 0.15) is 6.10 Å². The van der Waals surface area contributed by atoms with Crippen molar-refractivity contribution in [3.8, 4) is 5.88 Å². The Morgan fingerprint density at radius 1 is 1.35 bits per heavy atom. The number of hydrogen-bond donors (Lipinski definition) is 1. The van der Waals surface area contributed by atoms with Crippen LogP contribution in [0, 0.1) is 5.92 Å². The summed E-state index contributed by atoms with van der Waals surface area (Å²) in [6.45, 7) is 1.03. The maximum Gasteiger partial charge on any atom is 0.389 e. The molecule has 0 spiro atoms. The zero-order valence-electron chi connectivity index (χ0n) is 10.5. The molecule has 2 heterocycles. The van der Waals surface area contributed by atoms with Crippen molar-refractivity contribution in [3.63, 3.8) is 0 Å². The number of piperidine rings is 1. The maximum atomic E-state index is 12.1. The summed E-state index contributed by atoms with van der Waals surface area (Å²) in [7, 11) is 0. The summed E-state index contributed by atoms with van der Waals surface area (Å²) in [5.74, 6) is 0.986. The minimum absolute atomic E-state index is 0.0553. The highest BCUT2D eigenvalue weighted by Crippen LogP contribution is 2.36. The fraction of sp³-hybridized carbons (Fsp3) is 0.818. The number of rotatable bonds is 5. The van der Waals surface area contributed by atoms with Crippen LogP contribution in [0.5, 0.6) is 5.88 Å². The van der Waals surface area contributed by atoms with Gasteiger partial charge in [-0.2, -0.15) is 17.5 Å². The predicted molar refractivity (Wildman–Crippen MR) is 70.2 cm³/mol. The molecule has 0 radical (unpaired) electrons. The summed E-state index contributed by atoms with van der Waals surface area (Å²) in [5, 5.41) is 3.85. The summed E-state index contributed by atoms with van der Waals surface area (Å²) >= 11 is 2.04. The Labute approximate surface area is 122 Å². The predicted octanol–water partition coefficient (Wildman–Crippen LogP) is 2.71. The van der Waals surface area contributed by atoms with Gasteiger partial charge in [-0.25, -0.2) is 0 Å². The van der Waals surface area contributed by atoms with Crippen molar-refractivity contribution >= 4 is 23.5 Å². The van der Waals surface area contributed by atoms with Crippen LogP contribution >= 0.6 is 23.5 Å². The highest BCUT2D eigenvalue weighted by molar-refractivity contribution is 7.99. The topological polar surface area (TPSA) is 47.0 Å². The van der Waals surface area contributed by atoms with Crippen molar-refractivity contribution < 1.29 is 17.9 Å². The molecule has 0 unspecified atom stereocenters. The normalized spacial score (nSPS) is 29.1. The highest BCUT2D eigenvalue weighted by Gasteiger charge is 2.41. The fourth-order valence-electron chi connectivity index (χ4n) is 2.67. The number of hydrogen-bond acceptors (Lipinski definition) is 6. The number of nitrogens with zero attached hydrogens (tertiary/aromatic N) is 2. The van der Waals surface area contributed by atoms with Crippen LogP contribution in [-0.2, 0) is 0 Å². The lowest BCUT2D eigenvalue weighted by atomic mass is 10.1. The van der Waals surface area contributed by atoms with Crippen LogP contribution in [0.15, 0.2) is 5.03 Å². The van der Waals surface area contributed by atoms with Gasteiger partial charge in [0.25, 0.3) is 5.88 Å². The first-order valence-electron chi connectivity index (χ1n) is 6.43. The number of ether oxygens (including phenoxy) is 1. The second-order valence-electron chi connectivity index (χ2n) is 5.10. The first-order chi connectivity index (χ1) is 9.51. The number of nitrogens with one attached hydrogen (secondary N) is 1. The fourth-order valence-corrected chi connectivity index (χ4v) is 4.18. The quantitative estimate of drug-likeness (QED) is 0.844. The van der Waals surface area contributed by atoms with Gasteiger partial charge in [-0.15, -0.1) is 4.37 Å². The van der Waals surface area contributed by atoms with E-state index in [2.05, 4.69) is 14.1 Å². The minimum atomic E-state index is -4.13. The number of fused-ring (bicyclic) bond motifs is 2. The van der Waals surface area contributed by atoms with E-state index in [0.29, 0.717) is 22.9 Å². The van der Waals surface area contributed by atoms with E-state index in [1.807, 2.05) is 0 Å². The van der Waals surface area contributed by atoms with Crippen molar-refractivity contribution in [3.05, 3.63) is 0 Å². The highest BCUT2D eigenvalue weighted by atomic mass is 32.2. The first-order valence-corrected chi connectivity index (χ1v) is 8.15. The molecule has 1 N–H and O–H groups in total. The molecule has 1 aliphatic heterocycles. The molecule has 1 aliphatic carbocycles. The Bertz CT molecular complexity index is 468. The summed E-state index contributed by atoms with van der Waals surface area (Å²) in [5.41, 5.74) is 0. The maximum absolute atomic E-state index is 12.1. The van der Waals surface area contributed by atoms with Crippen LogP contribution in [-0.4, -0.2) is 39.4 Å². The smallest absolute Gasteiger partial charge is 0.389 e. The second-order valence-corrected chi connectivity index (χ2v) is 6.71. The van der Waals surface area contributed by atoms with Gasteiger partial charge in [0.2, 0.25) is 0 Å². The van der Waals surface area contributed by atoms with Crippen LogP contribution in [0.4, 0.5) is 13.2 Å². The van der Waals surface area contributed by atoms with Gasteiger partial charge >= 0.3 is 6.18 Å². The molecule has 0 amide bonds. The van der Waals surface area contributed by atoms with Gasteiger partial charge in [-0.3, -0.25) is 0 Å². The molecule has 1 saturated carbocycles. The van der Waals surface area contributed by atoms with E-state index >= 15 is 0 Å². The Hall–Kier alpha value is -0.540. The van der Waals surface area contributed by atoms with E-state index in [4.69, 9.17) is 4.74 Å². The molecule has 2 bridgehead atoms. The van der Waals surface area contributed by atoms with E-state index in [9.17, 15) is 13.2 Å². The standard InChI is InChI=1S/C11H14F3N3OS2/c12-11(13,14)1-2-19-10-9(16-20-17-10)18-8-4-6-3-7(8)15-5-6/h6-8,15H,1-5H2/t6-,7+,8+/m0/s1. The van der Waals surface area contributed by atoms with Crippen LogP contribution in [0.1, 0.15) is 19.3 Å². The van der Waals surface area contributed by atoms with Crippen molar-refractivity contribution in [2.45, 2.75) is 42.6 Å². The zero-order chi connectivity index (χ0) is 14.2. The zero-order valence-corrected chi connectivity index (χ0v) is 12.2. The number of alkyl halides is 3. The van der Waals surface area contributed by atoms with E-state index in [-0.39, 0.29) is 11.9 Å². The molecule has 2 aliphatic rings. The van der Waals surface area contributed by atoms with Crippen LogP contribution in [0.2, 0.25) is 0 Å². The van der Waals surface area contributed by atoms with Gasteiger partial charge in [0.05, 0.1) is 18.1 Å². The molecule has 3 atom stereocenters. The van der Waals surface area contributed by atoms with Crippen molar-refractivity contribution in [2.75, 3.05) is 12.3 Å². The molecule has 2 fully saturated rings. The van der Waals surface area contributed by atoms with Gasteiger partial charge in [0, 0.05) is 11.8 Å². The number of halogens is 3. The first kappa shape index (κ1) is 14.4. The molecule has 4 nitrogen and oxygen atoms in total. The van der Waals surface area contributed by atoms with Gasteiger partial charge in [-0.05, 0) is 25.3 Å². The van der Waals surface area contributed by atoms with Gasteiger partial charge in [-0.1, -0.05) is 11.8 Å². The van der Waals surface area contributed by atoms with Gasteiger partial charge < -0.3 is 10.1 Å². The van der Waals surface area contributed by atoms with E-state index in [1.54, 1.807) is 0 Å². The average molecular weight is 325 g/mol. The molecule has 3 rings (SSSR count). The molecule has 1 aromatic heterocycles. The Morgan fingerprint density at radius 3 is 2.85 bits per heavy atom. The van der Waals surface area contributed by atoms with E-state index in [1.165, 1.54) is 0 Å². The monoisotopic (exact) mass is 325 g/mol. The lowest BCUT2D eigenvalue weighted by molar-refractivity contribution is -0.129. The molecule has 0 aromatic carbocycles. The van der Waals surface area contributed by atoms with Crippen LogP contribution < -0.4 is 10.1 Å². The number of thioether (sulfide) groups is 1. The molecular weight excluding hydrogens is 311 g/mol. The average Bonchev–Trinajstić information content (AvgIpc) is 3.05. The second kappa shape index (κ2) is 5.69. The van der Waals surface area contributed by atoms with Crippen LogP contribution in [0.25, 0.3) is 0 Å². The molecular formula is C11H14F3N3OS2. The number of aromatic nitrogens is 2. The lowest BCUT2D eigenvalue weighted by Gasteiger charge is -2.23. The molecule has 9 heteroatoms. The third kappa shape index (κ3) is 3.37. The minimum Gasteiger partial charge on any atom is -0.470 e. The molecule has 1 saturated heterocycles. The summed E-state index contributed by atoms with van der Waals surface area (Å²) in [6, 6.07) is 0.342. The third-order valence-corrected chi connectivity index (χ3v) is 5.16. The van der Waals surface area contributed by atoms with E-state index in [0.717, 1.165) is 42.9 Å². The van der Waals surface area contributed by atoms with Crippen molar-refractivity contribution in [1.29, 1.82) is 0 Å². The Kier molecular flexibility index (Phi) is 4.09. The van der Waals surface area contributed by atoms with E-state index < -0.39 is 12.6 Å². The molecule has 1 aromatic rings. The SMILES string of the molecule is FC(F)(F)CCSc1nsnc1O[C@@H]1C[C@H]2CN[C@@H]1C2. The van der Waals surface area contributed by atoms with Crippen molar-refractivity contribution in [2.24, 2.45) is 5.92 Å². The van der Waals surface area contributed by atoms with Crippen molar-refractivity contribution in [1.82, 2.24) is 14.1 Å². The Balaban J connectivity index is 1.54. The Morgan fingerprint density at radius 2 is 2.20 bits per heavy atom. The largest absolute Gasteiger partial charge is 0.470 e. The van der Waals surface area contributed by atoms with Gasteiger partial charge in [0.15, 0.2) is 5.03 Å². The summed E-state index contributed by atoms with van der Waals surface area (Å²) in [4.78, 5) is 0. The summed E-state index contributed by atoms with van der Waals surface area (Å²) in [6.07, 6.45) is -2.80.